The molecule has 0 spiro atoms. The van der Waals surface area contributed by atoms with Crippen molar-refractivity contribution in [1.82, 2.24) is 10.2 Å². The Kier molecular flexibility index (Phi) is 5.29. The van der Waals surface area contributed by atoms with Gasteiger partial charge in [0.15, 0.2) is 0 Å². The maximum absolute atomic E-state index is 5.69. The molecule has 0 unspecified atom stereocenters. The Bertz CT molecular complexity index is 713. The molecule has 1 heterocycles. The number of thioether (sulfide) groups is 1. The summed E-state index contributed by atoms with van der Waals surface area (Å²) in [7, 11) is 0. The average molecular weight is 375 g/mol. The normalized spacial score (nSPS) is 10.8. The van der Waals surface area contributed by atoms with Crippen molar-refractivity contribution in [3.8, 4) is 11.5 Å². The summed E-state index contributed by atoms with van der Waals surface area (Å²) >= 11 is 5.02. The van der Waals surface area contributed by atoms with E-state index in [1.165, 1.54) is 5.56 Å². The molecule has 5 heteroatoms. The van der Waals surface area contributed by atoms with Crippen molar-refractivity contribution < 1.29 is 4.42 Å². The first-order valence-electron chi connectivity index (χ1n) is 7.07. The minimum Gasteiger partial charge on any atom is -0.411 e. The summed E-state index contributed by atoms with van der Waals surface area (Å²) in [5.74, 6) is 1.54. The molecule has 3 aromatic rings. The lowest BCUT2D eigenvalue weighted by Gasteiger charge is -1.99. The van der Waals surface area contributed by atoms with Crippen molar-refractivity contribution in [2.24, 2.45) is 0 Å². The molecule has 0 saturated carbocycles. The highest BCUT2D eigenvalue weighted by Gasteiger charge is 2.08. The highest BCUT2D eigenvalue weighted by atomic mass is 79.9. The molecule has 0 N–H and O–H groups in total. The average Bonchev–Trinajstić information content (AvgIpc) is 3.02. The third kappa shape index (κ3) is 4.21. The fourth-order valence-corrected chi connectivity index (χ4v) is 3.02. The predicted molar refractivity (Wildman–Crippen MR) is 92.9 cm³/mol. The van der Waals surface area contributed by atoms with E-state index in [9.17, 15) is 0 Å². The van der Waals surface area contributed by atoms with E-state index in [2.05, 4.69) is 50.4 Å². The molecule has 0 amide bonds. The van der Waals surface area contributed by atoms with Crippen LogP contribution >= 0.6 is 27.7 Å². The number of aryl methyl sites for hydroxylation is 1. The van der Waals surface area contributed by atoms with Crippen LogP contribution in [0.4, 0.5) is 0 Å². The molecule has 0 atom stereocenters. The van der Waals surface area contributed by atoms with E-state index < -0.39 is 0 Å². The zero-order valence-corrected chi connectivity index (χ0v) is 14.3. The van der Waals surface area contributed by atoms with E-state index in [0.29, 0.717) is 11.1 Å². The van der Waals surface area contributed by atoms with Crippen molar-refractivity contribution in [1.29, 1.82) is 0 Å². The fraction of sp³-hybridized carbons (Fsp3) is 0.176. The summed E-state index contributed by atoms with van der Waals surface area (Å²) in [6.45, 7) is 0. The molecule has 3 rings (SSSR count). The quantitative estimate of drug-likeness (QED) is 0.437. The van der Waals surface area contributed by atoms with Crippen LogP contribution in [0.25, 0.3) is 11.5 Å². The van der Waals surface area contributed by atoms with Gasteiger partial charge in [-0.25, -0.2) is 0 Å². The summed E-state index contributed by atoms with van der Waals surface area (Å²) in [5.41, 5.74) is 2.30. The van der Waals surface area contributed by atoms with Crippen LogP contribution in [0.5, 0.6) is 0 Å². The molecule has 0 aliphatic heterocycles. The minimum absolute atomic E-state index is 0.568. The van der Waals surface area contributed by atoms with E-state index in [0.717, 1.165) is 28.6 Å². The Morgan fingerprint density at radius 3 is 2.50 bits per heavy atom. The lowest BCUT2D eigenvalue weighted by Crippen LogP contribution is -1.87. The van der Waals surface area contributed by atoms with Crippen LogP contribution in [0, 0.1) is 0 Å². The summed E-state index contributed by atoms with van der Waals surface area (Å²) in [5, 5.41) is 8.82. The second kappa shape index (κ2) is 7.61. The number of halogens is 1. The van der Waals surface area contributed by atoms with E-state index in [1.54, 1.807) is 11.8 Å². The molecule has 2 aromatic carbocycles. The van der Waals surface area contributed by atoms with Crippen molar-refractivity contribution in [2.45, 2.75) is 18.1 Å². The summed E-state index contributed by atoms with van der Waals surface area (Å²) in [6, 6.07) is 18.4. The van der Waals surface area contributed by atoms with Gasteiger partial charge in [-0.15, -0.1) is 10.2 Å². The van der Waals surface area contributed by atoms with Gasteiger partial charge in [-0.05, 0) is 42.7 Å². The standard InChI is InChI=1S/C17H15BrN2OS/c18-15-10-8-14(9-11-15)16-19-20-17(21-16)22-12-4-7-13-5-2-1-3-6-13/h1-3,5-6,8-11H,4,7,12H2. The Balaban J connectivity index is 1.50. The molecule has 0 aliphatic carbocycles. The Morgan fingerprint density at radius 2 is 1.73 bits per heavy atom. The minimum atomic E-state index is 0.568. The Labute approximate surface area is 142 Å². The number of benzene rings is 2. The topological polar surface area (TPSA) is 38.9 Å². The first-order valence-corrected chi connectivity index (χ1v) is 8.85. The van der Waals surface area contributed by atoms with Gasteiger partial charge >= 0.3 is 0 Å². The predicted octanol–water partition coefficient (Wildman–Crippen LogP) is 5.22. The monoisotopic (exact) mass is 374 g/mol. The molecule has 0 aliphatic rings. The van der Waals surface area contributed by atoms with Gasteiger partial charge in [0.05, 0.1) is 0 Å². The molecule has 1 aromatic heterocycles. The zero-order valence-electron chi connectivity index (χ0n) is 11.9. The van der Waals surface area contributed by atoms with Gasteiger partial charge in [0, 0.05) is 15.8 Å². The molecule has 0 fully saturated rings. The largest absolute Gasteiger partial charge is 0.411 e. The zero-order chi connectivity index (χ0) is 15.2. The van der Waals surface area contributed by atoms with E-state index in [1.807, 2.05) is 30.3 Å². The summed E-state index contributed by atoms with van der Waals surface area (Å²) in [4.78, 5) is 0. The lowest BCUT2D eigenvalue weighted by atomic mass is 10.1. The maximum Gasteiger partial charge on any atom is 0.276 e. The number of rotatable bonds is 6. The highest BCUT2D eigenvalue weighted by Crippen LogP contribution is 2.25. The fourth-order valence-electron chi connectivity index (χ4n) is 2.06. The number of nitrogens with zero attached hydrogens (tertiary/aromatic N) is 2. The third-order valence-electron chi connectivity index (χ3n) is 3.18. The smallest absolute Gasteiger partial charge is 0.276 e. The van der Waals surface area contributed by atoms with Gasteiger partial charge in [0.2, 0.25) is 5.89 Å². The van der Waals surface area contributed by atoms with Crippen LogP contribution in [-0.4, -0.2) is 16.0 Å². The van der Waals surface area contributed by atoms with Gasteiger partial charge in [-0.2, -0.15) is 0 Å². The van der Waals surface area contributed by atoms with E-state index in [-0.39, 0.29) is 0 Å². The third-order valence-corrected chi connectivity index (χ3v) is 4.61. The molecule has 0 bridgehead atoms. The molecule has 3 nitrogen and oxygen atoms in total. The van der Waals surface area contributed by atoms with Gasteiger partial charge < -0.3 is 4.42 Å². The maximum atomic E-state index is 5.69. The number of hydrogen-bond acceptors (Lipinski definition) is 4. The summed E-state index contributed by atoms with van der Waals surface area (Å²) in [6.07, 6.45) is 2.16. The van der Waals surface area contributed by atoms with E-state index >= 15 is 0 Å². The van der Waals surface area contributed by atoms with E-state index in [4.69, 9.17) is 4.42 Å². The van der Waals surface area contributed by atoms with Crippen LogP contribution in [0.3, 0.4) is 0 Å². The molecule has 22 heavy (non-hydrogen) atoms. The molecule has 112 valence electrons. The van der Waals surface area contributed by atoms with Crippen molar-refractivity contribution in [3.05, 3.63) is 64.6 Å². The van der Waals surface area contributed by atoms with Crippen molar-refractivity contribution in [3.63, 3.8) is 0 Å². The second-order valence-corrected chi connectivity index (χ2v) is 6.78. The van der Waals surface area contributed by atoms with Crippen LogP contribution in [0.1, 0.15) is 12.0 Å². The second-order valence-electron chi connectivity index (χ2n) is 4.82. The first-order chi connectivity index (χ1) is 10.8. The van der Waals surface area contributed by atoms with Gasteiger partial charge in [-0.3, -0.25) is 0 Å². The molecular weight excluding hydrogens is 360 g/mol. The number of aromatic nitrogens is 2. The molecule has 0 saturated heterocycles. The Hall–Kier alpha value is -1.59. The molecule has 0 radical (unpaired) electrons. The summed E-state index contributed by atoms with van der Waals surface area (Å²) < 4.78 is 6.72. The van der Waals surface area contributed by atoms with Crippen LogP contribution < -0.4 is 0 Å². The number of hydrogen-bond donors (Lipinski definition) is 0. The van der Waals surface area contributed by atoms with Crippen LogP contribution in [-0.2, 0) is 6.42 Å². The van der Waals surface area contributed by atoms with Crippen molar-refractivity contribution >= 4 is 27.7 Å². The van der Waals surface area contributed by atoms with Gasteiger partial charge in [0.1, 0.15) is 0 Å². The highest BCUT2D eigenvalue weighted by molar-refractivity contribution is 9.10. The Morgan fingerprint density at radius 1 is 0.955 bits per heavy atom. The lowest BCUT2D eigenvalue weighted by molar-refractivity contribution is 0.466. The van der Waals surface area contributed by atoms with Crippen LogP contribution in [0.15, 0.2) is 68.7 Å². The molecular formula is C17H15BrN2OS. The SMILES string of the molecule is Brc1ccc(-c2nnc(SCCCc3ccccc3)o2)cc1. The van der Waals surface area contributed by atoms with Gasteiger partial charge in [0.25, 0.3) is 5.22 Å². The first kappa shape index (κ1) is 15.3. The van der Waals surface area contributed by atoms with Gasteiger partial charge in [-0.1, -0.05) is 58.0 Å². The van der Waals surface area contributed by atoms with Crippen LogP contribution in [0.2, 0.25) is 0 Å². The van der Waals surface area contributed by atoms with Crippen molar-refractivity contribution in [2.75, 3.05) is 5.75 Å².